The molecule has 3 heteroatoms. The lowest BCUT2D eigenvalue weighted by Crippen LogP contribution is -1.93. The van der Waals surface area contributed by atoms with E-state index in [4.69, 9.17) is 4.74 Å². The lowest BCUT2D eigenvalue weighted by atomic mass is 9.98. The van der Waals surface area contributed by atoms with Gasteiger partial charge in [-0.25, -0.2) is 4.79 Å². The Morgan fingerprint density at radius 1 is 0.857 bits per heavy atom. The van der Waals surface area contributed by atoms with Crippen molar-refractivity contribution in [3.05, 3.63) is 48.1 Å². The van der Waals surface area contributed by atoms with Crippen molar-refractivity contribution < 1.29 is 14.3 Å². The first-order chi connectivity index (χ1) is 13.7. The fraction of sp³-hybridized carbons (Fsp3) is 0.560. The number of methoxy groups -OCH3 is 2. The molecule has 0 radical (unpaired) electrons. The number of rotatable bonds is 15. The molecule has 0 heterocycles. The molecule has 28 heavy (non-hydrogen) atoms. The zero-order chi connectivity index (χ0) is 20.5. The second-order valence-corrected chi connectivity index (χ2v) is 7.23. The first-order valence-electron chi connectivity index (χ1n) is 10.8. The van der Waals surface area contributed by atoms with Crippen LogP contribution in [0.5, 0.6) is 5.75 Å². The molecular weight excluding hydrogens is 348 g/mol. The van der Waals surface area contributed by atoms with Gasteiger partial charge in [-0.1, -0.05) is 89.0 Å². The maximum atomic E-state index is 11.3. The zero-order valence-electron chi connectivity index (χ0n) is 18.0. The highest BCUT2D eigenvalue weighted by Gasteiger charge is 2.03. The van der Waals surface area contributed by atoms with E-state index in [1.807, 2.05) is 18.2 Å². The minimum atomic E-state index is -0.329. The standard InChI is InChI=1S/C25H38O3/c1-4-5-6-7-8-9-10-11-12-13-15-22(16-14-17-25(26)28-3)23-18-20-24(27-2)21-19-23/h14,16-21H,4-13,15H2,1-3H3. The second-order valence-electron chi connectivity index (χ2n) is 7.23. The van der Waals surface area contributed by atoms with Crippen LogP contribution in [-0.4, -0.2) is 20.2 Å². The minimum absolute atomic E-state index is 0.329. The highest BCUT2D eigenvalue weighted by atomic mass is 16.5. The second kappa shape index (κ2) is 16.0. The molecule has 0 saturated carbocycles. The molecule has 0 aliphatic rings. The van der Waals surface area contributed by atoms with Gasteiger partial charge in [0.15, 0.2) is 0 Å². The average Bonchev–Trinajstić information content (AvgIpc) is 2.73. The number of ether oxygens (including phenoxy) is 2. The monoisotopic (exact) mass is 386 g/mol. The van der Waals surface area contributed by atoms with E-state index in [0.717, 1.165) is 12.2 Å². The summed E-state index contributed by atoms with van der Waals surface area (Å²) in [6.45, 7) is 2.26. The van der Waals surface area contributed by atoms with Gasteiger partial charge in [0.1, 0.15) is 5.75 Å². The van der Waals surface area contributed by atoms with Crippen molar-refractivity contribution in [3.8, 4) is 5.75 Å². The van der Waals surface area contributed by atoms with Gasteiger partial charge in [-0.2, -0.15) is 0 Å². The molecule has 1 rings (SSSR count). The summed E-state index contributed by atoms with van der Waals surface area (Å²) in [6.07, 6.45) is 19.6. The Morgan fingerprint density at radius 2 is 1.43 bits per heavy atom. The molecule has 0 spiro atoms. The molecule has 0 unspecified atom stereocenters. The lowest BCUT2D eigenvalue weighted by molar-refractivity contribution is -0.134. The Balaban J connectivity index is 2.44. The van der Waals surface area contributed by atoms with Gasteiger partial charge in [0.05, 0.1) is 14.2 Å². The van der Waals surface area contributed by atoms with Gasteiger partial charge in [-0.15, -0.1) is 0 Å². The summed E-state index contributed by atoms with van der Waals surface area (Å²) < 4.78 is 9.91. The van der Waals surface area contributed by atoms with Gasteiger partial charge in [0.2, 0.25) is 0 Å². The number of esters is 1. The average molecular weight is 387 g/mol. The van der Waals surface area contributed by atoms with Crippen molar-refractivity contribution in [2.45, 2.75) is 77.6 Å². The van der Waals surface area contributed by atoms with Gasteiger partial charge in [-0.05, 0) is 36.1 Å². The molecule has 1 aromatic carbocycles. The maximum Gasteiger partial charge on any atom is 0.330 e. The van der Waals surface area contributed by atoms with Crippen LogP contribution >= 0.6 is 0 Å². The number of unbranched alkanes of at least 4 members (excludes halogenated alkanes) is 9. The number of carbonyl (C=O) groups is 1. The molecule has 0 amide bonds. The Kier molecular flexibility index (Phi) is 13.7. The predicted molar refractivity (Wildman–Crippen MR) is 119 cm³/mol. The molecule has 1 aromatic rings. The third kappa shape index (κ3) is 11.0. The fourth-order valence-electron chi connectivity index (χ4n) is 3.24. The summed E-state index contributed by atoms with van der Waals surface area (Å²) in [5.41, 5.74) is 2.41. The minimum Gasteiger partial charge on any atom is -0.497 e. The molecule has 0 aliphatic carbocycles. The highest BCUT2D eigenvalue weighted by Crippen LogP contribution is 2.24. The van der Waals surface area contributed by atoms with E-state index in [0.29, 0.717) is 0 Å². The predicted octanol–water partition coefficient (Wildman–Crippen LogP) is 7.12. The molecule has 0 atom stereocenters. The van der Waals surface area contributed by atoms with Crippen LogP contribution in [0.4, 0.5) is 0 Å². The summed E-state index contributed by atoms with van der Waals surface area (Å²) in [4.78, 5) is 11.3. The number of benzene rings is 1. The fourth-order valence-corrected chi connectivity index (χ4v) is 3.24. The zero-order valence-corrected chi connectivity index (χ0v) is 18.0. The van der Waals surface area contributed by atoms with Crippen LogP contribution in [0.3, 0.4) is 0 Å². The lowest BCUT2D eigenvalue weighted by Gasteiger charge is -2.09. The van der Waals surface area contributed by atoms with Gasteiger partial charge in [-0.3, -0.25) is 0 Å². The Hall–Kier alpha value is -2.03. The number of allylic oxidation sites excluding steroid dienone is 3. The van der Waals surface area contributed by atoms with E-state index in [1.54, 1.807) is 13.2 Å². The smallest absolute Gasteiger partial charge is 0.330 e. The van der Waals surface area contributed by atoms with E-state index in [1.165, 1.54) is 88.5 Å². The summed E-state index contributed by atoms with van der Waals surface area (Å²) in [5, 5.41) is 0. The molecule has 0 aromatic heterocycles. The van der Waals surface area contributed by atoms with Crippen molar-refractivity contribution in [1.82, 2.24) is 0 Å². The third-order valence-electron chi connectivity index (χ3n) is 4.99. The van der Waals surface area contributed by atoms with Crippen molar-refractivity contribution in [2.75, 3.05) is 14.2 Å². The van der Waals surface area contributed by atoms with Crippen LogP contribution in [0.2, 0.25) is 0 Å². The van der Waals surface area contributed by atoms with Gasteiger partial charge >= 0.3 is 5.97 Å². The quantitative estimate of drug-likeness (QED) is 0.139. The maximum absolute atomic E-state index is 11.3. The van der Waals surface area contributed by atoms with Crippen molar-refractivity contribution in [1.29, 1.82) is 0 Å². The van der Waals surface area contributed by atoms with Crippen molar-refractivity contribution >= 4 is 11.5 Å². The Labute approximate surface area is 171 Å². The van der Waals surface area contributed by atoms with E-state index in [-0.39, 0.29) is 5.97 Å². The van der Waals surface area contributed by atoms with Crippen LogP contribution in [0, 0.1) is 0 Å². The molecule has 0 bridgehead atoms. The highest BCUT2D eigenvalue weighted by molar-refractivity contribution is 5.82. The van der Waals surface area contributed by atoms with E-state index < -0.39 is 0 Å². The van der Waals surface area contributed by atoms with Gasteiger partial charge < -0.3 is 9.47 Å². The van der Waals surface area contributed by atoms with Crippen LogP contribution in [0.1, 0.15) is 83.1 Å². The van der Waals surface area contributed by atoms with Crippen LogP contribution in [0.25, 0.3) is 5.57 Å². The van der Waals surface area contributed by atoms with Crippen molar-refractivity contribution in [3.63, 3.8) is 0 Å². The molecule has 0 aliphatic heterocycles. The van der Waals surface area contributed by atoms with Crippen LogP contribution in [-0.2, 0) is 9.53 Å². The Morgan fingerprint density at radius 3 is 1.96 bits per heavy atom. The number of carbonyl (C=O) groups excluding carboxylic acids is 1. The summed E-state index contributed by atoms with van der Waals surface area (Å²) in [6, 6.07) is 8.11. The molecule has 156 valence electrons. The van der Waals surface area contributed by atoms with E-state index in [2.05, 4.69) is 23.8 Å². The topological polar surface area (TPSA) is 35.5 Å². The first-order valence-corrected chi connectivity index (χ1v) is 10.8. The third-order valence-corrected chi connectivity index (χ3v) is 4.99. The molecule has 0 saturated heterocycles. The Bertz CT molecular complexity index is 584. The van der Waals surface area contributed by atoms with Crippen LogP contribution < -0.4 is 4.74 Å². The normalized spacial score (nSPS) is 11.8. The van der Waals surface area contributed by atoms with E-state index >= 15 is 0 Å². The molecule has 0 fully saturated rings. The summed E-state index contributed by atoms with van der Waals surface area (Å²) in [7, 11) is 3.07. The molecule has 0 N–H and O–H groups in total. The SMILES string of the molecule is CCCCCCCCCCCCC(=CC=CC(=O)OC)c1ccc(OC)cc1. The van der Waals surface area contributed by atoms with Gasteiger partial charge in [0.25, 0.3) is 0 Å². The number of hydrogen-bond donors (Lipinski definition) is 0. The van der Waals surface area contributed by atoms with E-state index in [9.17, 15) is 4.79 Å². The largest absolute Gasteiger partial charge is 0.497 e. The summed E-state index contributed by atoms with van der Waals surface area (Å²) >= 11 is 0. The summed E-state index contributed by atoms with van der Waals surface area (Å²) in [5.74, 6) is 0.524. The molecule has 3 nitrogen and oxygen atoms in total. The molecular formula is C25H38O3. The van der Waals surface area contributed by atoms with Crippen molar-refractivity contribution in [2.24, 2.45) is 0 Å². The number of hydrogen-bond acceptors (Lipinski definition) is 3. The first kappa shape index (κ1) is 24.0. The van der Waals surface area contributed by atoms with Gasteiger partial charge in [0, 0.05) is 6.08 Å². The van der Waals surface area contributed by atoms with Crippen LogP contribution in [0.15, 0.2) is 42.5 Å².